The van der Waals surface area contributed by atoms with Crippen molar-refractivity contribution in [2.24, 2.45) is 0 Å². The minimum atomic E-state index is 0.256. The van der Waals surface area contributed by atoms with Crippen molar-refractivity contribution in [3.63, 3.8) is 0 Å². The molecule has 0 aliphatic carbocycles. The highest BCUT2D eigenvalue weighted by Crippen LogP contribution is 2.26. The third kappa shape index (κ3) is 2.00. The van der Waals surface area contributed by atoms with Gasteiger partial charge in [0.05, 0.1) is 11.6 Å². The van der Waals surface area contributed by atoms with Gasteiger partial charge in [-0.25, -0.2) is 4.98 Å². The fraction of sp³-hybridized carbons (Fsp3) is 0.429. The number of pyridine rings is 1. The van der Waals surface area contributed by atoms with Gasteiger partial charge in [0, 0.05) is 26.0 Å². The Morgan fingerprint density at radius 3 is 3.00 bits per heavy atom. The zero-order chi connectivity index (χ0) is 13.4. The Hall–Kier alpha value is -1.88. The minimum absolute atomic E-state index is 0.256. The minimum Gasteiger partial charge on any atom is -0.378 e. The summed E-state index contributed by atoms with van der Waals surface area (Å²) in [6.07, 6.45) is 5.08. The number of hydrogen-bond donors (Lipinski definition) is 1. The van der Waals surface area contributed by atoms with E-state index in [4.69, 9.17) is 0 Å². The second-order valence-corrected chi connectivity index (χ2v) is 5.16. The van der Waals surface area contributed by atoms with Gasteiger partial charge in [-0.2, -0.15) is 0 Å². The molecule has 2 aromatic heterocycles. The number of rotatable bonds is 3. The van der Waals surface area contributed by atoms with Crippen LogP contribution < -0.4 is 10.2 Å². The maximum absolute atomic E-state index is 11.2. The van der Waals surface area contributed by atoms with E-state index in [0.29, 0.717) is 5.69 Å². The molecule has 2 aromatic rings. The van der Waals surface area contributed by atoms with Crippen LogP contribution in [0.25, 0.3) is 5.52 Å². The van der Waals surface area contributed by atoms with Crippen LogP contribution >= 0.6 is 0 Å². The topological polar surface area (TPSA) is 49.6 Å². The van der Waals surface area contributed by atoms with Gasteiger partial charge in [0.1, 0.15) is 11.5 Å². The van der Waals surface area contributed by atoms with Crippen LogP contribution in [-0.4, -0.2) is 36.3 Å². The van der Waals surface area contributed by atoms with Gasteiger partial charge in [-0.15, -0.1) is 0 Å². The van der Waals surface area contributed by atoms with Crippen LogP contribution in [0.2, 0.25) is 0 Å². The Morgan fingerprint density at radius 1 is 1.53 bits per heavy atom. The Bertz CT molecular complexity index is 611. The van der Waals surface area contributed by atoms with Crippen LogP contribution in [0, 0.1) is 0 Å². The summed E-state index contributed by atoms with van der Waals surface area (Å²) >= 11 is 0. The predicted octanol–water partition coefficient (Wildman–Crippen LogP) is 1.64. The third-order valence-corrected chi connectivity index (χ3v) is 3.68. The molecule has 1 fully saturated rings. The number of fused-ring (bicyclic) bond motifs is 1. The molecule has 3 rings (SSSR count). The van der Waals surface area contributed by atoms with E-state index in [1.807, 2.05) is 41.7 Å². The van der Waals surface area contributed by atoms with Gasteiger partial charge in [-0.3, -0.25) is 4.79 Å². The van der Waals surface area contributed by atoms with Crippen LogP contribution in [0.15, 0.2) is 18.3 Å². The Morgan fingerprint density at radius 2 is 2.37 bits per heavy atom. The van der Waals surface area contributed by atoms with E-state index in [-0.39, 0.29) is 6.04 Å². The zero-order valence-electron chi connectivity index (χ0n) is 11.3. The number of aromatic nitrogens is 2. The van der Waals surface area contributed by atoms with Crippen LogP contribution in [0.5, 0.6) is 0 Å². The molecular formula is C14H18N4O. The smallest absolute Gasteiger partial charge is 0.170 e. The lowest BCUT2D eigenvalue weighted by Crippen LogP contribution is -2.16. The summed E-state index contributed by atoms with van der Waals surface area (Å²) in [5.41, 5.74) is 2.47. The number of carbonyl (C=O) groups excluding carboxylic acids is 1. The molecule has 1 unspecified atom stereocenters. The molecule has 0 saturated carbocycles. The van der Waals surface area contributed by atoms with E-state index < -0.39 is 0 Å². The van der Waals surface area contributed by atoms with E-state index in [0.717, 1.165) is 42.7 Å². The van der Waals surface area contributed by atoms with Crippen molar-refractivity contribution in [1.29, 1.82) is 0 Å². The Balaban J connectivity index is 2.16. The number of nitrogens with one attached hydrogen (secondary N) is 1. The molecule has 5 heteroatoms. The van der Waals surface area contributed by atoms with Crippen LogP contribution in [0.1, 0.15) is 35.2 Å². The molecule has 0 bridgehead atoms. The Kier molecular flexibility index (Phi) is 2.98. The maximum atomic E-state index is 11.2. The average Bonchev–Trinajstić information content (AvgIpc) is 3.04. The summed E-state index contributed by atoms with van der Waals surface area (Å²) in [7, 11) is 3.98. The highest BCUT2D eigenvalue weighted by molar-refractivity contribution is 5.85. The number of carbonyl (C=O) groups is 1. The molecule has 0 spiro atoms. The first-order valence-electron chi connectivity index (χ1n) is 6.58. The molecule has 0 radical (unpaired) electrons. The molecule has 0 amide bonds. The second-order valence-electron chi connectivity index (χ2n) is 5.16. The number of hydrogen-bond acceptors (Lipinski definition) is 4. The first kappa shape index (κ1) is 12.2. The Labute approximate surface area is 112 Å². The molecule has 19 heavy (non-hydrogen) atoms. The van der Waals surface area contributed by atoms with Gasteiger partial charge in [-0.05, 0) is 31.5 Å². The van der Waals surface area contributed by atoms with Crippen molar-refractivity contribution >= 4 is 17.5 Å². The van der Waals surface area contributed by atoms with Crippen molar-refractivity contribution < 1.29 is 4.79 Å². The molecule has 1 aliphatic heterocycles. The van der Waals surface area contributed by atoms with Gasteiger partial charge in [0.2, 0.25) is 0 Å². The third-order valence-electron chi connectivity index (χ3n) is 3.68. The first-order chi connectivity index (χ1) is 9.20. The molecule has 1 N–H and O–H groups in total. The lowest BCUT2D eigenvalue weighted by atomic mass is 10.2. The van der Waals surface area contributed by atoms with Crippen LogP contribution in [-0.2, 0) is 0 Å². The standard InChI is InChI=1S/C14H18N4O/c1-17(2)10-5-7-18-13(8-10)12(9-19)16-14(18)11-4-3-6-15-11/h5,7-9,11,15H,3-4,6H2,1-2H3. The number of nitrogens with zero attached hydrogens (tertiary/aromatic N) is 3. The highest BCUT2D eigenvalue weighted by Gasteiger charge is 2.22. The first-order valence-corrected chi connectivity index (χ1v) is 6.58. The molecular weight excluding hydrogens is 240 g/mol. The van der Waals surface area contributed by atoms with Gasteiger partial charge >= 0.3 is 0 Å². The molecule has 3 heterocycles. The van der Waals surface area contributed by atoms with Crippen LogP contribution in [0.3, 0.4) is 0 Å². The van der Waals surface area contributed by atoms with E-state index in [1.54, 1.807) is 0 Å². The normalized spacial score (nSPS) is 18.9. The second kappa shape index (κ2) is 4.66. The summed E-state index contributed by atoms with van der Waals surface area (Å²) in [5, 5.41) is 3.43. The summed E-state index contributed by atoms with van der Waals surface area (Å²) in [6, 6.07) is 4.31. The van der Waals surface area contributed by atoms with Gasteiger partial charge in [-0.1, -0.05) is 0 Å². The van der Waals surface area contributed by atoms with Crippen molar-refractivity contribution in [2.45, 2.75) is 18.9 Å². The monoisotopic (exact) mass is 258 g/mol. The SMILES string of the molecule is CN(C)c1ccn2c(C3CCCN3)nc(C=O)c2c1. The summed E-state index contributed by atoms with van der Waals surface area (Å²) in [6.45, 7) is 1.02. The quantitative estimate of drug-likeness (QED) is 0.850. The van der Waals surface area contributed by atoms with Gasteiger partial charge in [0.25, 0.3) is 0 Å². The highest BCUT2D eigenvalue weighted by atomic mass is 16.1. The lowest BCUT2D eigenvalue weighted by Gasteiger charge is -2.14. The van der Waals surface area contributed by atoms with Gasteiger partial charge < -0.3 is 14.6 Å². The molecule has 0 aromatic carbocycles. The van der Waals surface area contributed by atoms with Crippen molar-refractivity contribution in [2.75, 3.05) is 25.5 Å². The molecule has 100 valence electrons. The van der Waals surface area contributed by atoms with E-state index in [2.05, 4.69) is 10.3 Å². The summed E-state index contributed by atoms with van der Waals surface area (Å²) in [5.74, 6) is 0.944. The predicted molar refractivity (Wildman–Crippen MR) is 74.9 cm³/mol. The summed E-state index contributed by atoms with van der Waals surface area (Å²) in [4.78, 5) is 17.7. The van der Waals surface area contributed by atoms with Crippen molar-refractivity contribution in [3.05, 3.63) is 29.8 Å². The van der Waals surface area contributed by atoms with E-state index in [9.17, 15) is 4.79 Å². The zero-order valence-corrected chi connectivity index (χ0v) is 11.3. The molecule has 1 aliphatic rings. The lowest BCUT2D eigenvalue weighted by molar-refractivity contribution is 0.112. The number of aldehydes is 1. The number of anilines is 1. The fourth-order valence-electron chi connectivity index (χ4n) is 2.64. The van der Waals surface area contributed by atoms with E-state index in [1.165, 1.54) is 0 Å². The largest absolute Gasteiger partial charge is 0.378 e. The molecule has 5 nitrogen and oxygen atoms in total. The van der Waals surface area contributed by atoms with Crippen molar-refractivity contribution in [1.82, 2.24) is 14.7 Å². The summed E-state index contributed by atoms with van der Waals surface area (Å²) < 4.78 is 2.03. The average molecular weight is 258 g/mol. The van der Waals surface area contributed by atoms with Crippen LogP contribution in [0.4, 0.5) is 5.69 Å². The van der Waals surface area contributed by atoms with E-state index >= 15 is 0 Å². The number of imidazole rings is 1. The van der Waals surface area contributed by atoms with Gasteiger partial charge in [0.15, 0.2) is 6.29 Å². The molecule has 1 atom stereocenters. The molecule has 1 saturated heterocycles. The maximum Gasteiger partial charge on any atom is 0.170 e. The van der Waals surface area contributed by atoms with Crippen molar-refractivity contribution in [3.8, 4) is 0 Å². The fourth-order valence-corrected chi connectivity index (χ4v) is 2.64.